The Labute approximate surface area is 266 Å². The molecule has 1 N–H and O–H groups in total. The second kappa shape index (κ2) is 12.3. The number of allylic oxidation sites excluding steroid dienone is 1. The Morgan fingerprint density at radius 2 is 1.93 bits per heavy atom. The third-order valence-corrected chi connectivity index (χ3v) is 13.2. The lowest BCUT2D eigenvalue weighted by molar-refractivity contribution is -0.166. The molecule has 44 heavy (non-hydrogen) atoms. The molecule has 6 nitrogen and oxygen atoms in total. The molecule has 0 radical (unpaired) electrons. The van der Waals surface area contributed by atoms with Gasteiger partial charge in [-0.05, 0) is 74.5 Å². The van der Waals surface area contributed by atoms with Crippen LogP contribution in [-0.2, 0) is 20.9 Å². The Kier molecular flexibility index (Phi) is 9.30. The van der Waals surface area contributed by atoms with Crippen LogP contribution in [0.2, 0.25) is 0 Å². The van der Waals surface area contributed by atoms with Gasteiger partial charge in [0.25, 0.3) is 0 Å². The van der Waals surface area contributed by atoms with Crippen LogP contribution < -0.4 is 0 Å². The summed E-state index contributed by atoms with van der Waals surface area (Å²) < 4.78 is 7.28. The number of unbranched alkanes of at least 4 members (excludes halogenated alkanes) is 2. The van der Waals surface area contributed by atoms with Crippen molar-refractivity contribution in [2.45, 2.75) is 119 Å². The monoisotopic (exact) mass is 606 g/mol. The van der Waals surface area contributed by atoms with E-state index in [0.717, 1.165) is 56.3 Å². The molecule has 1 aromatic rings. The highest BCUT2D eigenvalue weighted by Crippen LogP contribution is 2.90. The molecular weight excluding hydrogens is 548 g/mol. The number of nitrogens with zero attached hydrogens (tertiary/aromatic N) is 2. The molecule has 5 rings (SSSR count). The molecule has 2 saturated carbocycles. The molecule has 3 aliphatic carbocycles. The number of likely N-dealkylation sites (N-methyl/N-ethyl adjacent to an activating group) is 1. The number of carboxylic acid groups (broad SMARTS) is 1. The molecule has 0 amide bonds. The first-order valence-corrected chi connectivity index (χ1v) is 17.5. The summed E-state index contributed by atoms with van der Waals surface area (Å²) in [7, 11) is 2.16. The van der Waals surface area contributed by atoms with Crippen molar-refractivity contribution in [1.82, 2.24) is 9.88 Å². The van der Waals surface area contributed by atoms with Gasteiger partial charge in [-0.2, -0.15) is 0 Å². The van der Waals surface area contributed by atoms with Crippen molar-refractivity contribution >= 4 is 12.3 Å². The van der Waals surface area contributed by atoms with E-state index in [9.17, 15) is 14.7 Å². The van der Waals surface area contributed by atoms with Crippen LogP contribution in [-0.4, -0.2) is 53.0 Å². The maximum atomic E-state index is 13.9. The standard InChI is InChI=1S/C38H58N2O4/c1-9-11-12-15-27-18-33(44-31(27)23-40(8)22-29-16-13-14-17-39-29)37-21-28(26(5)10-2)20-35(6,24-41)38(34(42)43)30(25(3)4)19-32(37)36(37,38)7/h13-14,16-17,19,24-28,31-33H,9-12,15,18,20-23H2,1-8H3,(H,42,43). The molecular formula is C38H58N2O4. The van der Waals surface area contributed by atoms with E-state index in [0.29, 0.717) is 18.3 Å². The van der Waals surface area contributed by atoms with Gasteiger partial charge in [-0.1, -0.05) is 91.9 Å². The molecule has 244 valence electrons. The van der Waals surface area contributed by atoms with E-state index >= 15 is 0 Å². The summed E-state index contributed by atoms with van der Waals surface area (Å²) in [6.45, 7) is 16.8. The van der Waals surface area contributed by atoms with Gasteiger partial charge in [0.15, 0.2) is 0 Å². The molecule has 1 aromatic heterocycles. The maximum Gasteiger partial charge on any atom is 0.315 e. The van der Waals surface area contributed by atoms with Gasteiger partial charge in [0.2, 0.25) is 0 Å². The summed E-state index contributed by atoms with van der Waals surface area (Å²) in [5.74, 6) is 0.478. The number of aldehydes is 1. The summed E-state index contributed by atoms with van der Waals surface area (Å²) >= 11 is 0. The van der Waals surface area contributed by atoms with Crippen LogP contribution in [0.1, 0.15) is 106 Å². The average molecular weight is 607 g/mol. The van der Waals surface area contributed by atoms with Crippen molar-refractivity contribution in [2.24, 2.45) is 51.2 Å². The van der Waals surface area contributed by atoms with Crippen molar-refractivity contribution < 1.29 is 19.4 Å². The zero-order chi connectivity index (χ0) is 32.1. The van der Waals surface area contributed by atoms with E-state index in [4.69, 9.17) is 4.74 Å². The number of pyridine rings is 1. The summed E-state index contributed by atoms with van der Waals surface area (Å²) in [5.41, 5.74) is -1.02. The van der Waals surface area contributed by atoms with Crippen LogP contribution in [0.5, 0.6) is 0 Å². The fraction of sp³-hybridized carbons (Fsp3) is 0.763. The number of carbonyl (C=O) groups is 2. The van der Waals surface area contributed by atoms with Gasteiger partial charge >= 0.3 is 5.97 Å². The van der Waals surface area contributed by atoms with Crippen molar-refractivity contribution in [3.05, 3.63) is 41.7 Å². The number of carboxylic acids is 1. The normalized spacial score (nSPS) is 40.0. The van der Waals surface area contributed by atoms with Crippen LogP contribution in [0.15, 0.2) is 36.0 Å². The Morgan fingerprint density at radius 3 is 2.52 bits per heavy atom. The second-order valence-electron chi connectivity index (χ2n) is 15.8. The maximum absolute atomic E-state index is 13.9. The molecule has 2 heterocycles. The van der Waals surface area contributed by atoms with Gasteiger partial charge in [-0.15, -0.1) is 0 Å². The number of aliphatic carboxylic acids is 1. The van der Waals surface area contributed by atoms with Gasteiger partial charge in [0.05, 0.1) is 17.9 Å². The minimum atomic E-state index is -1.22. The average Bonchev–Trinajstić information content (AvgIpc) is 3.24. The van der Waals surface area contributed by atoms with Gasteiger partial charge in [0, 0.05) is 35.5 Å². The summed E-state index contributed by atoms with van der Waals surface area (Å²) in [6.07, 6.45) is 13.6. The van der Waals surface area contributed by atoms with Crippen LogP contribution in [0.4, 0.5) is 0 Å². The fourth-order valence-electron chi connectivity index (χ4n) is 10.9. The Hall–Kier alpha value is -2.05. The number of carbonyl (C=O) groups excluding carboxylic acids is 1. The third kappa shape index (κ3) is 4.75. The van der Waals surface area contributed by atoms with Crippen molar-refractivity contribution in [3.63, 3.8) is 0 Å². The first-order valence-electron chi connectivity index (χ1n) is 17.5. The highest BCUT2D eigenvalue weighted by atomic mass is 16.5. The van der Waals surface area contributed by atoms with Crippen LogP contribution in [0.3, 0.4) is 0 Å². The van der Waals surface area contributed by atoms with Crippen LogP contribution >= 0.6 is 0 Å². The van der Waals surface area contributed by atoms with E-state index in [-0.39, 0.29) is 35.4 Å². The minimum absolute atomic E-state index is 0.0124. The number of fused-ring (bicyclic) bond motifs is 1. The first kappa shape index (κ1) is 33.3. The Balaban J connectivity index is 1.55. The van der Waals surface area contributed by atoms with Crippen molar-refractivity contribution in [1.29, 1.82) is 0 Å². The van der Waals surface area contributed by atoms with E-state index in [2.05, 4.69) is 70.6 Å². The van der Waals surface area contributed by atoms with Gasteiger partial charge in [-0.3, -0.25) is 14.7 Å². The molecule has 1 aliphatic heterocycles. The first-order chi connectivity index (χ1) is 20.9. The third-order valence-electron chi connectivity index (χ3n) is 13.2. The summed E-state index contributed by atoms with van der Waals surface area (Å²) in [4.78, 5) is 34.1. The SMILES string of the molecule is CCCCCC1CC(C23CC(C(C)CC)CC(C)(C=O)C4(C(=O)O)C(C(C)C)=CC2C34C)OC1CN(C)Cc1ccccn1. The van der Waals surface area contributed by atoms with E-state index in [1.54, 1.807) is 0 Å². The molecule has 0 aromatic carbocycles. The zero-order valence-corrected chi connectivity index (χ0v) is 28.6. The molecule has 1 saturated heterocycles. The Morgan fingerprint density at radius 1 is 1.18 bits per heavy atom. The highest BCUT2D eigenvalue weighted by Gasteiger charge is 2.91. The molecule has 0 spiro atoms. The largest absolute Gasteiger partial charge is 0.481 e. The van der Waals surface area contributed by atoms with Gasteiger partial charge < -0.3 is 14.6 Å². The molecule has 10 unspecified atom stereocenters. The van der Waals surface area contributed by atoms with Gasteiger partial charge in [-0.25, -0.2) is 0 Å². The van der Waals surface area contributed by atoms with E-state index in [1.165, 1.54) is 19.3 Å². The van der Waals surface area contributed by atoms with Crippen LogP contribution in [0, 0.1) is 51.2 Å². The highest BCUT2D eigenvalue weighted by molar-refractivity contribution is 5.90. The number of hydrogen-bond donors (Lipinski definition) is 1. The molecule has 3 fully saturated rings. The number of rotatable bonds is 14. The predicted molar refractivity (Wildman–Crippen MR) is 175 cm³/mol. The Bertz CT molecular complexity index is 1230. The van der Waals surface area contributed by atoms with Gasteiger partial charge in [0.1, 0.15) is 11.7 Å². The minimum Gasteiger partial charge on any atom is -0.481 e. The van der Waals surface area contributed by atoms with E-state index in [1.807, 2.05) is 25.3 Å². The zero-order valence-electron chi connectivity index (χ0n) is 28.6. The smallest absolute Gasteiger partial charge is 0.315 e. The predicted octanol–water partition coefficient (Wildman–Crippen LogP) is 7.82. The summed E-state index contributed by atoms with van der Waals surface area (Å²) in [5, 5.41) is 11.4. The van der Waals surface area contributed by atoms with Crippen molar-refractivity contribution in [3.8, 4) is 0 Å². The lowest BCUT2D eigenvalue weighted by Crippen LogP contribution is -2.55. The van der Waals surface area contributed by atoms with Crippen molar-refractivity contribution in [2.75, 3.05) is 13.6 Å². The quantitative estimate of drug-likeness (QED) is 0.132. The summed E-state index contributed by atoms with van der Waals surface area (Å²) in [6, 6.07) is 6.07. The number of hydrogen-bond acceptors (Lipinski definition) is 5. The lowest BCUT2D eigenvalue weighted by Gasteiger charge is -2.49. The fourth-order valence-corrected chi connectivity index (χ4v) is 10.9. The second-order valence-corrected chi connectivity index (χ2v) is 15.8. The molecule has 6 heteroatoms. The molecule has 4 aliphatic rings. The molecule has 10 atom stereocenters. The lowest BCUT2D eigenvalue weighted by atomic mass is 9.51. The molecule has 0 bridgehead atoms. The van der Waals surface area contributed by atoms with Crippen LogP contribution in [0.25, 0.3) is 0 Å². The number of ether oxygens (including phenoxy) is 1. The number of aromatic nitrogens is 1. The van der Waals surface area contributed by atoms with E-state index < -0.39 is 22.2 Å². The topological polar surface area (TPSA) is 79.7 Å².